The van der Waals surface area contributed by atoms with Crippen LogP contribution in [0.15, 0.2) is 84.9 Å². The molecule has 26 heavy (non-hydrogen) atoms. The molecule has 0 bridgehead atoms. The summed E-state index contributed by atoms with van der Waals surface area (Å²) in [6.45, 7) is 0. The van der Waals surface area contributed by atoms with Gasteiger partial charge in [0.15, 0.2) is 0 Å². The van der Waals surface area contributed by atoms with E-state index >= 15 is 0 Å². The fraction of sp³-hybridized carbons (Fsp3) is 0.0500. The first-order chi connectivity index (χ1) is 12.6. The Morgan fingerprint density at radius 3 is 1.65 bits per heavy atom. The van der Waals surface area contributed by atoms with Crippen molar-refractivity contribution in [3.05, 3.63) is 101 Å². The number of carbonyl (C=O) groups excluding carboxylic acids is 1. The van der Waals surface area contributed by atoms with Crippen molar-refractivity contribution in [1.82, 2.24) is 0 Å². The Bertz CT molecular complexity index is 842. The van der Waals surface area contributed by atoms with Crippen LogP contribution >= 0.6 is 0 Å². The first kappa shape index (κ1) is 18.6. The molecule has 0 aromatic heterocycles. The summed E-state index contributed by atoms with van der Waals surface area (Å²) in [5.74, 6) is 0.0626. The van der Waals surface area contributed by atoms with Gasteiger partial charge >= 0.3 is 164 Å². The van der Waals surface area contributed by atoms with Gasteiger partial charge in [-0.2, -0.15) is 0 Å². The van der Waals surface area contributed by atoms with Crippen molar-refractivity contribution >= 4 is 50.3 Å². The van der Waals surface area contributed by atoms with Crippen LogP contribution in [0.2, 0.25) is 3.71 Å². The molecule has 0 N–H and O–H groups in total. The SMILES string of the molecule is O=C(c1ccc([N+](=O)[O-])cc1)C([Se]c1ccccc1)[Se]c1ccccc1. The summed E-state index contributed by atoms with van der Waals surface area (Å²) in [5.41, 5.74) is 0.538. The van der Waals surface area contributed by atoms with E-state index in [9.17, 15) is 14.9 Å². The molecule has 0 unspecified atom stereocenters. The van der Waals surface area contributed by atoms with Crippen LogP contribution in [0.5, 0.6) is 0 Å². The summed E-state index contributed by atoms with van der Waals surface area (Å²) in [7, 11) is 0. The molecule has 0 saturated heterocycles. The summed E-state index contributed by atoms with van der Waals surface area (Å²) in [6, 6.07) is 26.0. The van der Waals surface area contributed by atoms with E-state index in [1.165, 1.54) is 21.1 Å². The van der Waals surface area contributed by atoms with Gasteiger partial charge in [-0.1, -0.05) is 0 Å². The topological polar surface area (TPSA) is 60.2 Å². The van der Waals surface area contributed by atoms with Gasteiger partial charge in [-0.3, -0.25) is 0 Å². The molecule has 0 heterocycles. The second-order valence-electron chi connectivity index (χ2n) is 5.36. The minimum absolute atomic E-state index is 0.000221. The van der Waals surface area contributed by atoms with Crippen LogP contribution in [0.4, 0.5) is 5.69 Å². The standard InChI is InChI=1S/C20H15NO3Se2/c22-19(15-11-13-16(14-12-15)21(23)24)20(25-17-7-3-1-4-8-17)26-18-9-5-2-6-10-18/h1-14,20H. The van der Waals surface area contributed by atoms with Crippen molar-refractivity contribution in [2.45, 2.75) is 3.71 Å². The van der Waals surface area contributed by atoms with Crippen LogP contribution in [0, 0.1) is 10.1 Å². The molecular formula is C20H15NO3Se2. The molecule has 0 saturated carbocycles. The Hall–Kier alpha value is -2.23. The molecule has 0 aliphatic rings. The molecule has 6 heteroatoms. The van der Waals surface area contributed by atoms with E-state index < -0.39 is 4.92 Å². The van der Waals surface area contributed by atoms with E-state index in [0.717, 1.165) is 0 Å². The predicted molar refractivity (Wildman–Crippen MR) is 105 cm³/mol. The molecule has 3 aromatic carbocycles. The zero-order chi connectivity index (χ0) is 18.4. The average Bonchev–Trinajstić information content (AvgIpc) is 2.68. The molecular weight excluding hydrogens is 460 g/mol. The summed E-state index contributed by atoms with van der Waals surface area (Å²) in [4.78, 5) is 23.5. The number of Topliss-reactive ketones (excluding diaryl/α,β-unsaturated/α-hetero) is 1. The summed E-state index contributed by atoms with van der Waals surface area (Å²) in [6.07, 6.45) is 0. The molecule has 0 spiro atoms. The van der Waals surface area contributed by atoms with Crippen LogP contribution in [0.3, 0.4) is 0 Å². The van der Waals surface area contributed by atoms with Gasteiger partial charge in [0, 0.05) is 0 Å². The molecule has 0 atom stereocenters. The molecule has 130 valence electrons. The maximum absolute atomic E-state index is 13.1. The van der Waals surface area contributed by atoms with E-state index in [-0.39, 0.29) is 45.1 Å². The second kappa shape index (κ2) is 8.93. The Kier molecular flexibility index (Phi) is 6.37. The Morgan fingerprint density at radius 1 is 0.769 bits per heavy atom. The van der Waals surface area contributed by atoms with Crippen molar-refractivity contribution in [2.24, 2.45) is 0 Å². The zero-order valence-corrected chi connectivity index (χ0v) is 17.1. The molecule has 0 fully saturated rings. The third-order valence-electron chi connectivity index (χ3n) is 3.55. The van der Waals surface area contributed by atoms with Gasteiger partial charge in [0.05, 0.1) is 0 Å². The number of nitro groups is 1. The van der Waals surface area contributed by atoms with Crippen molar-refractivity contribution in [1.29, 1.82) is 0 Å². The minimum atomic E-state index is -0.451. The van der Waals surface area contributed by atoms with Crippen molar-refractivity contribution in [3.63, 3.8) is 0 Å². The first-order valence-electron chi connectivity index (χ1n) is 7.85. The average molecular weight is 475 g/mol. The Morgan fingerprint density at radius 2 is 1.23 bits per heavy atom. The number of nitrogens with zero attached hydrogens (tertiary/aromatic N) is 1. The fourth-order valence-electron chi connectivity index (χ4n) is 2.26. The number of non-ortho nitro benzene ring substituents is 1. The van der Waals surface area contributed by atoms with E-state index in [4.69, 9.17) is 0 Å². The van der Waals surface area contributed by atoms with Crippen LogP contribution < -0.4 is 8.92 Å². The molecule has 0 aliphatic heterocycles. The maximum atomic E-state index is 13.1. The number of hydrogen-bond acceptors (Lipinski definition) is 3. The number of benzene rings is 3. The van der Waals surface area contributed by atoms with E-state index in [1.807, 2.05) is 36.4 Å². The predicted octanol–water partition coefficient (Wildman–Crippen LogP) is 2.58. The summed E-state index contributed by atoms with van der Waals surface area (Å²) >= 11 is -0.00802. The molecule has 0 radical (unpaired) electrons. The Labute approximate surface area is 164 Å². The Balaban J connectivity index is 1.85. The number of ketones is 1. The van der Waals surface area contributed by atoms with Gasteiger partial charge in [0.25, 0.3) is 0 Å². The van der Waals surface area contributed by atoms with E-state index in [0.29, 0.717) is 5.56 Å². The molecule has 4 nitrogen and oxygen atoms in total. The summed E-state index contributed by atoms with van der Waals surface area (Å²) < 4.78 is 2.26. The molecule has 3 aromatic rings. The quantitative estimate of drug-likeness (QED) is 0.229. The number of hydrogen-bond donors (Lipinski definition) is 0. The number of rotatable bonds is 7. The monoisotopic (exact) mass is 477 g/mol. The van der Waals surface area contributed by atoms with Crippen molar-refractivity contribution in [2.75, 3.05) is 0 Å². The van der Waals surface area contributed by atoms with Crippen LogP contribution in [-0.2, 0) is 0 Å². The van der Waals surface area contributed by atoms with E-state index in [2.05, 4.69) is 24.3 Å². The van der Waals surface area contributed by atoms with Gasteiger partial charge in [-0.15, -0.1) is 0 Å². The van der Waals surface area contributed by atoms with Gasteiger partial charge in [0.1, 0.15) is 0 Å². The van der Waals surface area contributed by atoms with E-state index in [1.54, 1.807) is 12.1 Å². The van der Waals surface area contributed by atoms with Crippen LogP contribution in [-0.4, -0.2) is 40.6 Å². The second-order valence-corrected chi connectivity index (χ2v) is 11.8. The third-order valence-corrected chi connectivity index (χ3v) is 9.73. The molecule has 0 aliphatic carbocycles. The van der Waals surface area contributed by atoms with Gasteiger partial charge in [0.2, 0.25) is 0 Å². The van der Waals surface area contributed by atoms with Crippen LogP contribution in [0.25, 0.3) is 0 Å². The zero-order valence-electron chi connectivity index (χ0n) is 13.6. The van der Waals surface area contributed by atoms with Crippen molar-refractivity contribution in [3.8, 4) is 0 Å². The van der Waals surface area contributed by atoms with Gasteiger partial charge in [-0.05, 0) is 0 Å². The van der Waals surface area contributed by atoms with Crippen molar-refractivity contribution < 1.29 is 9.72 Å². The third kappa shape index (κ3) is 4.90. The van der Waals surface area contributed by atoms with Gasteiger partial charge in [-0.25, -0.2) is 0 Å². The summed E-state index contributed by atoms with van der Waals surface area (Å²) in [5, 5.41) is 10.8. The van der Waals surface area contributed by atoms with Crippen LogP contribution in [0.1, 0.15) is 10.4 Å². The normalized spacial score (nSPS) is 10.7. The number of carbonyl (C=O) groups is 1. The molecule has 0 amide bonds. The fourth-order valence-corrected chi connectivity index (χ4v) is 8.68. The number of nitro benzene ring substituents is 1. The molecule has 3 rings (SSSR count). The van der Waals surface area contributed by atoms with Gasteiger partial charge < -0.3 is 0 Å². The first-order valence-corrected chi connectivity index (χ1v) is 11.5.